The van der Waals surface area contributed by atoms with Gasteiger partial charge in [-0.05, 0) is 88.6 Å². The van der Waals surface area contributed by atoms with Gasteiger partial charge in [0.25, 0.3) is 0 Å². The lowest BCUT2D eigenvalue weighted by Gasteiger charge is -2.35. The van der Waals surface area contributed by atoms with Gasteiger partial charge in [-0.25, -0.2) is 0 Å². The largest absolute Gasteiger partial charge is 0.460 e. The maximum Gasteiger partial charge on any atom is 0.306 e. The highest BCUT2D eigenvalue weighted by Crippen LogP contribution is 2.28. The lowest BCUT2D eigenvalue weighted by atomic mass is 9.83. The Kier molecular flexibility index (Phi) is 12.2. The number of esters is 3. The van der Waals surface area contributed by atoms with E-state index in [9.17, 15) is 19.2 Å². The monoisotopic (exact) mass is 486 g/mol. The Morgan fingerprint density at radius 3 is 1.12 bits per heavy atom. The predicted molar refractivity (Wildman–Crippen MR) is 130 cm³/mol. The van der Waals surface area contributed by atoms with Crippen molar-refractivity contribution in [3.8, 4) is 0 Å². The molecule has 0 bridgehead atoms. The summed E-state index contributed by atoms with van der Waals surface area (Å²) >= 11 is 0. The number of carbonyl (C=O) groups excluding carboxylic acids is 4. The molecule has 0 heterocycles. The molecule has 0 aliphatic carbocycles. The maximum absolute atomic E-state index is 12.6. The molecule has 198 valence electrons. The van der Waals surface area contributed by atoms with Crippen molar-refractivity contribution in [3.05, 3.63) is 0 Å². The fraction of sp³-hybridized carbons (Fsp3) is 0.840. The van der Waals surface area contributed by atoms with Gasteiger partial charge in [0.2, 0.25) is 5.91 Å². The van der Waals surface area contributed by atoms with Gasteiger partial charge in [0.15, 0.2) is 0 Å². The quantitative estimate of drug-likeness (QED) is 0.318. The summed E-state index contributed by atoms with van der Waals surface area (Å²) in [6.45, 7) is 16.0. The van der Waals surface area contributed by atoms with Crippen LogP contribution in [0.4, 0.5) is 0 Å². The van der Waals surface area contributed by atoms with E-state index >= 15 is 0 Å². The molecule has 0 unspecified atom stereocenters. The highest BCUT2D eigenvalue weighted by molar-refractivity contribution is 5.79. The third kappa shape index (κ3) is 16.5. The molecular formula is C25H46N2O7. The maximum atomic E-state index is 12.6. The van der Waals surface area contributed by atoms with Gasteiger partial charge in [0.05, 0.1) is 6.54 Å². The Balaban J connectivity index is 5.76. The van der Waals surface area contributed by atoms with Crippen LogP contribution in [0.25, 0.3) is 0 Å². The molecule has 0 aliphatic rings. The normalized spacial score (nSPS) is 12.6. The highest BCUT2D eigenvalue weighted by Gasteiger charge is 2.35. The molecule has 0 saturated heterocycles. The first-order chi connectivity index (χ1) is 15.3. The minimum atomic E-state index is -1.00. The number of likely N-dealkylation sites (N-methyl/N-ethyl adjacent to an activating group) is 1. The molecule has 0 atom stereocenters. The smallest absolute Gasteiger partial charge is 0.306 e. The summed E-state index contributed by atoms with van der Waals surface area (Å²) in [5, 5.41) is 5.75. The standard InChI is InChI=1S/C25H46N2O7/c1-22(2,3)32-19(29)11-14-25(27-18(28)17-26-10,15-12-20(30)33-23(4,5)6)16-13-21(31)34-24(7,8)9/h26H,11-17H2,1-10H3,(H,27,28). The Labute approximate surface area is 205 Å². The number of hydrogen-bond donors (Lipinski definition) is 2. The van der Waals surface area contributed by atoms with Crippen LogP contribution >= 0.6 is 0 Å². The second kappa shape index (κ2) is 13.1. The number of amides is 1. The lowest BCUT2D eigenvalue weighted by molar-refractivity contribution is -0.155. The van der Waals surface area contributed by atoms with Crippen LogP contribution in [0.3, 0.4) is 0 Å². The van der Waals surface area contributed by atoms with Gasteiger partial charge >= 0.3 is 17.9 Å². The van der Waals surface area contributed by atoms with Crippen molar-refractivity contribution in [2.24, 2.45) is 0 Å². The molecule has 0 aromatic heterocycles. The summed E-state index contributed by atoms with van der Waals surface area (Å²) in [5.41, 5.74) is -2.95. The third-order valence-corrected chi connectivity index (χ3v) is 4.43. The molecule has 0 rings (SSSR count). The summed E-state index contributed by atoms with van der Waals surface area (Å²) in [5.74, 6) is -1.57. The molecule has 0 aromatic rings. The zero-order chi connectivity index (χ0) is 26.8. The summed E-state index contributed by atoms with van der Waals surface area (Å²) in [6, 6.07) is 0. The van der Waals surface area contributed by atoms with E-state index in [2.05, 4.69) is 10.6 Å². The van der Waals surface area contributed by atoms with Crippen molar-refractivity contribution >= 4 is 23.8 Å². The van der Waals surface area contributed by atoms with Gasteiger partial charge in [0, 0.05) is 24.8 Å². The topological polar surface area (TPSA) is 120 Å². The van der Waals surface area contributed by atoms with Crippen LogP contribution in [-0.4, -0.2) is 59.7 Å². The lowest BCUT2D eigenvalue weighted by Crippen LogP contribution is -2.52. The van der Waals surface area contributed by atoms with Crippen LogP contribution in [0.5, 0.6) is 0 Å². The molecule has 0 spiro atoms. The van der Waals surface area contributed by atoms with Gasteiger partial charge in [-0.2, -0.15) is 0 Å². The van der Waals surface area contributed by atoms with Crippen molar-refractivity contribution in [2.45, 2.75) is 123 Å². The first-order valence-electron chi connectivity index (χ1n) is 11.9. The van der Waals surface area contributed by atoms with Crippen LogP contribution in [0.2, 0.25) is 0 Å². The van der Waals surface area contributed by atoms with Gasteiger partial charge < -0.3 is 24.8 Å². The van der Waals surface area contributed by atoms with E-state index in [4.69, 9.17) is 14.2 Å². The van der Waals surface area contributed by atoms with Gasteiger partial charge in [-0.15, -0.1) is 0 Å². The minimum Gasteiger partial charge on any atom is -0.460 e. The molecule has 9 heteroatoms. The highest BCUT2D eigenvalue weighted by atomic mass is 16.6. The van der Waals surface area contributed by atoms with Crippen molar-refractivity contribution in [1.82, 2.24) is 10.6 Å². The van der Waals surface area contributed by atoms with Crippen molar-refractivity contribution in [3.63, 3.8) is 0 Å². The minimum absolute atomic E-state index is 0.0136. The van der Waals surface area contributed by atoms with Gasteiger partial charge in [-0.1, -0.05) is 0 Å². The molecule has 0 aliphatic heterocycles. The van der Waals surface area contributed by atoms with E-state index in [1.54, 1.807) is 69.4 Å². The van der Waals surface area contributed by atoms with Gasteiger partial charge in [-0.3, -0.25) is 19.2 Å². The van der Waals surface area contributed by atoms with E-state index in [1.165, 1.54) is 0 Å². The Morgan fingerprint density at radius 1 is 0.588 bits per heavy atom. The molecule has 9 nitrogen and oxygen atoms in total. The van der Waals surface area contributed by atoms with Crippen molar-refractivity contribution < 1.29 is 33.4 Å². The van der Waals surface area contributed by atoms with Crippen molar-refractivity contribution in [1.29, 1.82) is 0 Å². The molecule has 0 fully saturated rings. The van der Waals surface area contributed by atoms with E-state index in [0.717, 1.165) is 0 Å². The number of ether oxygens (including phenoxy) is 3. The van der Waals surface area contributed by atoms with Crippen LogP contribution in [0, 0.1) is 0 Å². The first kappa shape index (κ1) is 31.8. The molecule has 0 radical (unpaired) electrons. The average Bonchev–Trinajstić information content (AvgIpc) is 2.59. The molecule has 2 N–H and O–H groups in total. The number of carbonyl (C=O) groups is 4. The number of rotatable bonds is 12. The zero-order valence-electron chi connectivity index (χ0n) is 22.8. The number of hydrogen-bond acceptors (Lipinski definition) is 8. The Morgan fingerprint density at radius 2 is 0.882 bits per heavy atom. The summed E-state index contributed by atoms with van der Waals surface area (Å²) in [4.78, 5) is 49.9. The molecule has 34 heavy (non-hydrogen) atoms. The van der Waals surface area contributed by atoms with Crippen molar-refractivity contribution in [2.75, 3.05) is 13.6 Å². The second-order valence-electron chi connectivity index (χ2n) is 11.6. The van der Waals surface area contributed by atoms with E-state index in [1.807, 2.05) is 0 Å². The first-order valence-corrected chi connectivity index (χ1v) is 11.9. The Bertz CT molecular complexity index is 619. The predicted octanol–water partition coefficient (Wildman–Crippen LogP) is 3.43. The van der Waals surface area contributed by atoms with Crippen LogP contribution < -0.4 is 10.6 Å². The third-order valence-electron chi connectivity index (χ3n) is 4.43. The molecule has 0 saturated carbocycles. The molecule has 1 amide bonds. The second-order valence-corrected chi connectivity index (χ2v) is 11.6. The van der Waals surface area contributed by atoms with E-state index in [-0.39, 0.29) is 51.0 Å². The molecule has 0 aromatic carbocycles. The van der Waals surface area contributed by atoms with Gasteiger partial charge in [0.1, 0.15) is 16.8 Å². The van der Waals surface area contributed by atoms with Crippen LogP contribution in [-0.2, 0) is 33.4 Å². The molecular weight excluding hydrogens is 440 g/mol. The zero-order valence-corrected chi connectivity index (χ0v) is 22.8. The average molecular weight is 487 g/mol. The summed E-state index contributed by atoms with van der Waals surface area (Å²) in [7, 11) is 1.64. The number of nitrogens with one attached hydrogen (secondary N) is 2. The van der Waals surface area contributed by atoms with Crippen LogP contribution in [0.1, 0.15) is 101 Å². The SMILES string of the molecule is CNCC(=O)NC(CCC(=O)OC(C)(C)C)(CCC(=O)OC(C)(C)C)CCC(=O)OC(C)(C)C. The Hall–Kier alpha value is -2.16. The fourth-order valence-electron chi connectivity index (χ4n) is 3.26. The van der Waals surface area contributed by atoms with E-state index in [0.29, 0.717) is 0 Å². The summed E-state index contributed by atoms with van der Waals surface area (Å²) in [6.07, 6.45) is 0.633. The van der Waals surface area contributed by atoms with E-state index < -0.39 is 40.2 Å². The van der Waals surface area contributed by atoms with Crippen LogP contribution in [0.15, 0.2) is 0 Å². The summed E-state index contributed by atoms with van der Waals surface area (Å²) < 4.78 is 16.3. The fourth-order valence-corrected chi connectivity index (χ4v) is 3.26.